The first-order valence-corrected chi connectivity index (χ1v) is 8.62. The second kappa shape index (κ2) is 7.21. The highest BCUT2D eigenvalue weighted by Gasteiger charge is 2.09. The second-order valence-electron chi connectivity index (χ2n) is 6.24. The van der Waals surface area contributed by atoms with Gasteiger partial charge in [-0.2, -0.15) is 10.4 Å². The van der Waals surface area contributed by atoms with Gasteiger partial charge in [-0.15, -0.1) is 0 Å². The van der Waals surface area contributed by atoms with E-state index in [1.54, 1.807) is 12.1 Å². The highest BCUT2D eigenvalue weighted by molar-refractivity contribution is 5.84. The van der Waals surface area contributed by atoms with Gasteiger partial charge in [0.1, 0.15) is 18.0 Å². The minimum Gasteiger partial charge on any atom is -0.383 e. The maximum atomic E-state index is 9.06. The predicted molar refractivity (Wildman–Crippen MR) is 110 cm³/mol. The van der Waals surface area contributed by atoms with Crippen molar-refractivity contribution in [2.45, 2.75) is 6.54 Å². The van der Waals surface area contributed by atoms with Crippen molar-refractivity contribution in [2.24, 2.45) is 0 Å². The highest BCUT2D eigenvalue weighted by Crippen LogP contribution is 2.25. The first-order valence-electron chi connectivity index (χ1n) is 8.62. The van der Waals surface area contributed by atoms with Gasteiger partial charge in [-0.25, -0.2) is 9.97 Å². The van der Waals surface area contributed by atoms with Gasteiger partial charge in [-0.1, -0.05) is 24.8 Å². The van der Waals surface area contributed by atoms with E-state index in [4.69, 9.17) is 11.0 Å². The van der Waals surface area contributed by atoms with Crippen LogP contribution in [0.3, 0.4) is 0 Å². The largest absolute Gasteiger partial charge is 0.383 e. The summed E-state index contributed by atoms with van der Waals surface area (Å²) in [7, 11) is 0. The van der Waals surface area contributed by atoms with Crippen molar-refractivity contribution in [3.8, 4) is 6.07 Å². The molecule has 2 aromatic heterocycles. The zero-order chi connectivity index (χ0) is 19.5. The summed E-state index contributed by atoms with van der Waals surface area (Å²) in [5.74, 6) is 0.976. The molecule has 0 aliphatic rings. The summed E-state index contributed by atoms with van der Waals surface area (Å²) in [5, 5.41) is 17.8. The second-order valence-corrected chi connectivity index (χ2v) is 6.24. The number of benzene rings is 2. The molecule has 0 saturated carbocycles. The first-order chi connectivity index (χ1) is 13.7. The maximum Gasteiger partial charge on any atom is 0.143 e. The lowest BCUT2D eigenvalue weighted by molar-refractivity contribution is 0.712. The Bertz CT molecular complexity index is 1220. The Morgan fingerprint density at radius 1 is 1.21 bits per heavy atom. The van der Waals surface area contributed by atoms with E-state index in [1.165, 1.54) is 6.33 Å². The van der Waals surface area contributed by atoms with E-state index >= 15 is 0 Å². The van der Waals surface area contributed by atoms with Gasteiger partial charge in [-0.3, -0.25) is 4.68 Å². The smallest absolute Gasteiger partial charge is 0.143 e. The number of nitrogens with one attached hydrogen (secondary N) is 1. The summed E-state index contributed by atoms with van der Waals surface area (Å²) in [4.78, 5) is 8.22. The number of nitrogen functional groups attached to an aromatic ring is 1. The summed E-state index contributed by atoms with van der Waals surface area (Å²) >= 11 is 0. The van der Waals surface area contributed by atoms with Crippen LogP contribution in [0.25, 0.3) is 17.0 Å². The third-order valence-corrected chi connectivity index (χ3v) is 4.41. The molecule has 0 amide bonds. The third kappa shape index (κ3) is 3.27. The molecule has 28 heavy (non-hydrogen) atoms. The van der Waals surface area contributed by atoms with Crippen LogP contribution in [-0.2, 0) is 6.54 Å². The Labute approximate surface area is 161 Å². The molecule has 0 fully saturated rings. The van der Waals surface area contributed by atoms with E-state index in [2.05, 4.69) is 33.0 Å². The normalized spacial score (nSPS) is 10.5. The number of fused-ring (bicyclic) bond motifs is 1. The number of nitrogens with zero attached hydrogens (tertiary/aromatic N) is 5. The molecule has 0 unspecified atom stereocenters. The molecule has 2 aromatic carbocycles. The van der Waals surface area contributed by atoms with E-state index in [0.717, 1.165) is 22.2 Å². The van der Waals surface area contributed by atoms with Crippen molar-refractivity contribution in [3.63, 3.8) is 0 Å². The van der Waals surface area contributed by atoms with Crippen LogP contribution in [0.4, 0.5) is 17.3 Å². The molecular formula is C21H17N7. The number of hydrogen-bond donors (Lipinski definition) is 2. The van der Waals surface area contributed by atoms with E-state index in [1.807, 2.05) is 47.3 Å². The van der Waals surface area contributed by atoms with Crippen LogP contribution in [0.5, 0.6) is 0 Å². The van der Waals surface area contributed by atoms with Crippen molar-refractivity contribution < 1.29 is 0 Å². The van der Waals surface area contributed by atoms with Crippen LogP contribution >= 0.6 is 0 Å². The van der Waals surface area contributed by atoms with Gasteiger partial charge in [-0.05, 0) is 35.9 Å². The molecule has 4 rings (SSSR count). The van der Waals surface area contributed by atoms with Crippen LogP contribution in [0.15, 0.2) is 61.6 Å². The number of rotatable bonds is 5. The summed E-state index contributed by atoms with van der Waals surface area (Å²) in [5.41, 5.74) is 10.1. The molecule has 0 aliphatic carbocycles. The molecule has 7 nitrogen and oxygen atoms in total. The van der Waals surface area contributed by atoms with E-state index in [0.29, 0.717) is 29.3 Å². The van der Waals surface area contributed by atoms with E-state index < -0.39 is 0 Å². The van der Waals surface area contributed by atoms with Crippen molar-refractivity contribution >= 4 is 34.3 Å². The maximum absolute atomic E-state index is 9.06. The minimum atomic E-state index is 0.376. The van der Waals surface area contributed by atoms with Gasteiger partial charge in [0.05, 0.1) is 35.5 Å². The van der Waals surface area contributed by atoms with Gasteiger partial charge >= 0.3 is 0 Å². The fourth-order valence-corrected chi connectivity index (χ4v) is 3.05. The number of hydrogen-bond acceptors (Lipinski definition) is 6. The van der Waals surface area contributed by atoms with Gasteiger partial charge in [0.25, 0.3) is 0 Å². The van der Waals surface area contributed by atoms with Crippen molar-refractivity contribution in [1.82, 2.24) is 19.7 Å². The summed E-state index contributed by atoms with van der Waals surface area (Å²) in [6.45, 7) is 4.36. The highest BCUT2D eigenvalue weighted by atomic mass is 15.3. The lowest BCUT2D eigenvalue weighted by Gasteiger charge is -2.10. The fourth-order valence-electron chi connectivity index (χ4n) is 3.05. The topological polar surface area (TPSA) is 105 Å². The molecule has 0 saturated heterocycles. The molecule has 0 radical (unpaired) electrons. The van der Waals surface area contributed by atoms with Crippen LogP contribution in [0.1, 0.15) is 16.7 Å². The molecule has 4 aromatic rings. The number of anilines is 3. The number of nitrogens with two attached hydrogens (primary N) is 1. The Morgan fingerprint density at radius 2 is 2.11 bits per heavy atom. The van der Waals surface area contributed by atoms with Crippen molar-refractivity contribution in [2.75, 3.05) is 11.1 Å². The SMILES string of the molecule is C=Cc1c(N)ncnc1Nc1ccc2c(cnn2Cc2cccc(C#N)c2)c1. The zero-order valence-electron chi connectivity index (χ0n) is 15.0. The summed E-state index contributed by atoms with van der Waals surface area (Å²) < 4.78 is 1.91. The quantitative estimate of drug-likeness (QED) is 0.557. The Hall–Kier alpha value is -4.18. The van der Waals surface area contributed by atoms with Crippen LogP contribution in [-0.4, -0.2) is 19.7 Å². The monoisotopic (exact) mass is 367 g/mol. The molecule has 0 bridgehead atoms. The van der Waals surface area contributed by atoms with Gasteiger partial charge < -0.3 is 11.1 Å². The molecule has 136 valence electrons. The third-order valence-electron chi connectivity index (χ3n) is 4.41. The van der Waals surface area contributed by atoms with Gasteiger partial charge in [0.15, 0.2) is 0 Å². The summed E-state index contributed by atoms with van der Waals surface area (Å²) in [6.07, 6.45) is 4.86. The van der Waals surface area contributed by atoms with E-state index in [9.17, 15) is 0 Å². The van der Waals surface area contributed by atoms with Gasteiger partial charge in [0.2, 0.25) is 0 Å². The average Bonchev–Trinajstić information content (AvgIpc) is 3.10. The molecular weight excluding hydrogens is 350 g/mol. The molecule has 7 heteroatoms. The Balaban J connectivity index is 1.62. The Morgan fingerprint density at radius 3 is 2.93 bits per heavy atom. The van der Waals surface area contributed by atoms with Crippen LogP contribution in [0, 0.1) is 11.3 Å². The molecule has 2 heterocycles. The fraction of sp³-hybridized carbons (Fsp3) is 0.0476. The molecule has 0 atom stereocenters. The number of aromatic nitrogens is 4. The van der Waals surface area contributed by atoms with Crippen molar-refractivity contribution in [3.05, 3.63) is 78.3 Å². The number of nitriles is 1. The molecule has 3 N–H and O–H groups in total. The molecule has 0 spiro atoms. The molecule has 0 aliphatic heterocycles. The first kappa shape index (κ1) is 17.2. The van der Waals surface area contributed by atoms with Crippen molar-refractivity contribution in [1.29, 1.82) is 5.26 Å². The summed E-state index contributed by atoms with van der Waals surface area (Å²) in [6, 6.07) is 15.6. The average molecular weight is 367 g/mol. The zero-order valence-corrected chi connectivity index (χ0v) is 15.0. The van der Waals surface area contributed by atoms with Crippen LogP contribution < -0.4 is 11.1 Å². The lowest BCUT2D eigenvalue weighted by Crippen LogP contribution is -2.03. The Kier molecular flexibility index (Phi) is 4.44. The minimum absolute atomic E-state index is 0.376. The standard InChI is InChI=1S/C21H17N7/c1-2-18-20(23)24-13-25-21(18)27-17-6-7-19-16(9-17)11-26-28(19)12-15-5-3-4-14(8-15)10-22/h2-9,11,13H,1,12H2,(H3,23,24,25,27). The van der Waals surface area contributed by atoms with Gasteiger partial charge in [0, 0.05) is 11.1 Å². The predicted octanol–water partition coefficient (Wildman–Crippen LogP) is 3.72. The lowest BCUT2D eigenvalue weighted by atomic mass is 10.1. The van der Waals surface area contributed by atoms with Crippen LogP contribution in [0.2, 0.25) is 0 Å². The van der Waals surface area contributed by atoms with E-state index in [-0.39, 0.29) is 0 Å².